The fourth-order valence-electron chi connectivity index (χ4n) is 2.05. The first-order valence-electron chi connectivity index (χ1n) is 8.36. The van der Waals surface area contributed by atoms with Crippen molar-refractivity contribution in [1.82, 2.24) is 0 Å². The molecule has 0 spiro atoms. The van der Waals surface area contributed by atoms with Crippen molar-refractivity contribution >= 4 is 17.6 Å². The molecule has 0 aromatic rings. The van der Waals surface area contributed by atoms with Crippen molar-refractivity contribution < 1.29 is 5.11 Å². The molecular formula is C19H32OS. The second-order valence-corrected chi connectivity index (χ2v) is 5.64. The molecule has 0 heterocycles. The lowest BCUT2D eigenvalue weighted by Crippen LogP contribution is -2.05. The summed E-state index contributed by atoms with van der Waals surface area (Å²) in [5.41, 5.74) is 0. The zero-order valence-electron chi connectivity index (χ0n) is 13.5. The topological polar surface area (TPSA) is 20.2 Å². The summed E-state index contributed by atoms with van der Waals surface area (Å²) in [5, 5.41) is 10.7. The highest BCUT2D eigenvalue weighted by molar-refractivity contribution is 7.79. The monoisotopic (exact) mass is 308 g/mol. The van der Waals surface area contributed by atoms with Gasteiger partial charge in [0.2, 0.25) is 0 Å². The van der Waals surface area contributed by atoms with Crippen molar-refractivity contribution in [2.75, 3.05) is 6.61 Å². The first-order chi connectivity index (χ1) is 10.3. The zero-order valence-corrected chi connectivity index (χ0v) is 14.4. The van der Waals surface area contributed by atoms with Gasteiger partial charge in [0.15, 0.2) is 0 Å². The quantitative estimate of drug-likeness (QED) is 0.249. The number of thiocarbonyl (C=S) groups is 1. The summed E-state index contributed by atoms with van der Waals surface area (Å²) >= 11 is 4.87. The van der Waals surface area contributed by atoms with Crippen LogP contribution in [0.15, 0.2) is 36.5 Å². The number of unbranched alkanes of at least 4 members (excludes halogenated alkanes) is 4. The molecule has 0 saturated carbocycles. The molecule has 1 atom stereocenters. The standard InChI is InChI=1S/C19H32OS/c1-2-3-4-5-6-7-8-9-10-11-12-13-14-15-16-19(17-20)18-21/h3-4,6-7,9-10,18-20H,2,5,8,11-17H2,1H3. The smallest absolute Gasteiger partial charge is 0.0502 e. The van der Waals surface area contributed by atoms with Gasteiger partial charge in [-0.05, 0) is 43.9 Å². The van der Waals surface area contributed by atoms with Crippen LogP contribution in [0, 0.1) is 5.92 Å². The summed E-state index contributed by atoms with van der Waals surface area (Å²) in [6, 6.07) is 0. The van der Waals surface area contributed by atoms with Gasteiger partial charge in [-0.25, -0.2) is 0 Å². The Hall–Kier alpha value is -0.730. The van der Waals surface area contributed by atoms with Crippen LogP contribution in [0.25, 0.3) is 0 Å². The number of hydrogen-bond acceptors (Lipinski definition) is 2. The Balaban J connectivity index is 3.32. The molecule has 0 aliphatic heterocycles. The molecule has 2 heteroatoms. The Morgan fingerprint density at radius 3 is 2.10 bits per heavy atom. The zero-order chi connectivity index (χ0) is 15.6. The van der Waals surface area contributed by atoms with E-state index in [0.717, 1.165) is 25.7 Å². The molecule has 0 rings (SSSR count). The summed E-state index contributed by atoms with van der Waals surface area (Å²) in [6.45, 7) is 2.36. The van der Waals surface area contributed by atoms with Gasteiger partial charge in [0.05, 0.1) is 6.61 Å². The Morgan fingerprint density at radius 2 is 1.48 bits per heavy atom. The number of aliphatic hydroxyl groups is 1. The van der Waals surface area contributed by atoms with Crippen molar-refractivity contribution in [3.63, 3.8) is 0 Å². The Labute approximate surface area is 136 Å². The van der Waals surface area contributed by atoms with E-state index in [4.69, 9.17) is 17.3 Å². The van der Waals surface area contributed by atoms with Crippen LogP contribution in [0.3, 0.4) is 0 Å². The van der Waals surface area contributed by atoms with Crippen LogP contribution < -0.4 is 0 Å². The maximum absolute atomic E-state index is 9.01. The minimum atomic E-state index is 0.202. The Morgan fingerprint density at radius 1 is 0.857 bits per heavy atom. The molecule has 1 N–H and O–H groups in total. The first-order valence-corrected chi connectivity index (χ1v) is 8.83. The van der Waals surface area contributed by atoms with Crippen molar-refractivity contribution in [3.05, 3.63) is 36.5 Å². The molecule has 0 aliphatic carbocycles. The minimum Gasteiger partial charge on any atom is -0.396 e. The van der Waals surface area contributed by atoms with Gasteiger partial charge < -0.3 is 5.11 Å². The maximum atomic E-state index is 9.01. The second kappa shape index (κ2) is 17.3. The van der Waals surface area contributed by atoms with E-state index < -0.39 is 0 Å². The van der Waals surface area contributed by atoms with Gasteiger partial charge in [0, 0.05) is 5.92 Å². The van der Waals surface area contributed by atoms with E-state index in [2.05, 4.69) is 43.4 Å². The second-order valence-electron chi connectivity index (χ2n) is 5.36. The van der Waals surface area contributed by atoms with Crippen molar-refractivity contribution in [2.45, 2.75) is 64.7 Å². The fraction of sp³-hybridized carbons (Fsp3) is 0.632. The van der Waals surface area contributed by atoms with E-state index in [1.807, 2.05) is 0 Å². The molecule has 21 heavy (non-hydrogen) atoms. The van der Waals surface area contributed by atoms with E-state index in [0.29, 0.717) is 0 Å². The molecule has 0 aromatic carbocycles. The third kappa shape index (κ3) is 15.5. The van der Waals surface area contributed by atoms with E-state index in [9.17, 15) is 0 Å². The molecular weight excluding hydrogens is 276 g/mol. The lowest BCUT2D eigenvalue weighted by molar-refractivity contribution is 0.256. The number of rotatable bonds is 14. The van der Waals surface area contributed by atoms with Gasteiger partial charge in [0.25, 0.3) is 0 Å². The third-order valence-electron chi connectivity index (χ3n) is 3.40. The molecule has 0 fully saturated rings. The highest BCUT2D eigenvalue weighted by atomic mass is 32.1. The molecule has 0 aliphatic rings. The normalized spacial score (nSPS) is 13.6. The van der Waals surface area contributed by atoms with Gasteiger partial charge in [-0.2, -0.15) is 0 Å². The van der Waals surface area contributed by atoms with E-state index in [1.54, 1.807) is 5.37 Å². The minimum absolute atomic E-state index is 0.202. The van der Waals surface area contributed by atoms with Gasteiger partial charge in [0.1, 0.15) is 0 Å². The molecule has 120 valence electrons. The van der Waals surface area contributed by atoms with E-state index in [-0.39, 0.29) is 12.5 Å². The van der Waals surface area contributed by atoms with E-state index in [1.165, 1.54) is 32.1 Å². The Bertz CT molecular complexity index is 305. The SMILES string of the molecule is CCC=CCC=CCC=CCCCCCCC(C=S)CO. The van der Waals surface area contributed by atoms with Gasteiger partial charge >= 0.3 is 0 Å². The molecule has 0 radical (unpaired) electrons. The molecule has 0 aromatic heterocycles. The number of aliphatic hydroxyl groups excluding tert-OH is 1. The summed E-state index contributed by atoms with van der Waals surface area (Å²) in [5.74, 6) is 0.221. The lowest BCUT2D eigenvalue weighted by atomic mass is 10.0. The van der Waals surface area contributed by atoms with E-state index >= 15 is 0 Å². The van der Waals surface area contributed by atoms with Crippen LogP contribution in [0.1, 0.15) is 64.7 Å². The largest absolute Gasteiger partial charge is 0.396 e. The average Bonchev–Trinajstić information content (AvgIpc) is 2.51. The Kier molecular flexibility index (Phi) is 16.7. The lowest BCUT2D eigenvalue weighted by Gasteiger charge is -2.06. The van der Waals surface area contributed by atoms with Crippen molar-refractivity contribution in [1.29, 1.82) is 0 Å². The summed E-state index contributed by atoms with van der Waals surface area (Å²) < 4.78 is 0. The average molecular weight is 309 g/mol. The summed E-state index contributed by atoms with van der Waals surface area (Å²) in [6.07, 6.45) is 23.8. The predicted molar refractivity (Wildman–Crippen MR) is 98.9 cm³/mol. The highest BCUT2D eigenvalue weighted by Gasteiger charge is 2.01. The van der Waals surface area contributed by atoms with Crippen LogP contribution in [0.4, 0.5) is 0 Å². The fourth-order valence-corrected chi connectivity index (χ4v) is 2.27. The molecule has 1 nitrogen and oxygen atoms in total. The van der Waals surface area contributed by atoms with Crippen molar-refractivity contribution in [2.24, 2.45) is 5.92 Å². The first kappa shape index (κ1) is 20.3. The highest BCUT2D eigenvalue weighted by Crippen LogP contribution is 2.10. The van der Waals surface area contributed by atoms with Crippen LogP contribution in [-0.4, -0.2) is 17.1 Å². The molecule has 1 unspecified atom stereocenters. The molecule has 0 amide bonds. The number of allylic oxidation sites excluding steroid dienone is 6. The van der Waals surface area contributed by atoms with Crippen LogP contribution in [0.2, 0.25) is 0 Å². The molecule has 0 saturated heterocycles. The molecule has 0 bridgehead atoms. The third-order valence-corrected chi connectivity index (χ3v) is 3.79. The number of hydrogen-bond donors (Lipinski definition) is 1. The van der Waals surface area contributed by atoms with Crippen LogP contribution in [0.5, 0.6) is 0 Å². The predicted octanol–water partition coefficient (Wildman–Crippen LogP) is 5.79. The van der Waals surface area contributed by atoms with Crippen LogP contribution in [-0.2, 0) is 0 Å². The van der Waals surface area contributed by atoms with Gasteiger partial charge in [-0.15, -0.1) is 0 Å². The summed E-state index contributed by atoms with van der Waals surface area (Å²) in [4.78, 5) is 0. The summed E-state index contributed by atoms with van der Waals surface area (Å²) in [7, 11) is 0. The van der Waals surface area contributed by atoms with Crippen molar-refractivity contribution in [3.8, 4) is 0 Å². The maximum Gasteiger partial charge on any atom is 0.0502 e. The van der Waals surface area contributed by atoms with Gasteiger partial charge in [-0.3, -0.25) is 0 Å². The van der Waals surface area contributed by atoms with Gasteiger partial charge in [-0.1, -0.05) is 74.9 Å². The van der Waals surface area contributed by atoms with Crippen LogP contribution >= 0.6 is 12.2 Å².